The summed E-state index contributed by atoms with van der Waals surface area (Å²) < 4.78 is 27.4. The van der Waals surface area contributed by atoms with E-state index >= 15 is 0 Å². The van der Waals surface area contributed by atoms with Crippen LogP contribution in [0.3, 0.4) is 0 Å². The van der Waals surface area contributed by atoms with Gasteiger partial charge in [0.1, 0.15) is 4.90 Å². The van der Waals surface area contributed by atoms with Gasteiger partial charge in [-0.15, -0.1) is 11.3 Å². The number of rotatable bonds is 5. The second-order valence-electron chi connectivity index (χ2n) is 5.67. The van der Waals surface area contributed by atoms with Gasteiger partial charge in [0, 0.05) is 24.5 Å². The molecule has 0 aromatic carbocycles. The Bertz CT molecular complexity index is 574. The van der Waals surface area contributed by atoms with Crippen LogP contribution in [0.2, 0.25) is 0 Å². The first-order valence-corrected chi connectivity index (χ1v) is 9.49. The molecule has 0 saturated carbocycles. The number of sulfonamides is 1. The fraction of sp³-hybridized carbons (Fsp3) is 0.714. The third kappa shape index (κ3) is 2.54. The maximum absolute atomic E-state index is 12.9. The summed E-state index contributed by atoms with van der Waals surface area (Å²) in [6, 6.07) is 0. The summed E-state index contributed by atoms with van der Waals surface area (Å²) in [7, 11) is -3.40. The molecule has 1 aliphatic heterocycles. The summed E-state index contributed by atoms with van der Waals surface area (Å²) in [5.74, 6) is 0. The molecule has 1 fully saturated rings. The van der Waals surface area contributed by atoms with E-state index < -0.39 is 10.0 Å². The quantitative estimate of drug-likeness (QED) is 0.908. The van der Waals surface area contributed by atoms with Crippen LogP contribution >= 0.6 is 11.3 Å². The SMILES string of the molecule is CCC1(CC)CCN(S(=O)(=O)c2c(C)csc2CN)C1. The highest BCUT2D eigenvalue weighted by molar-refractivity contribution is 7.89. The Kier molecular flexibility index (Phi) is 4.59. The van der Waals surface area contributed by atoms with E-state index in [0.29, 0.717) is 18.0 Å². The molecule has 1 aliphatic rings. The van der Waals surface area contributed by atoms with Crippen molar-refractivity contribution in [1.29, 1.82) is 0 Å². The van der Waals surface area contributed by atoms with Gasteiger partial charge in [-0.05, 0) is 42.5 Å². The normalized spacial score (nSPS) is 19.6. The Labute approximate surface area is 126 Å². The van der Waals surface area contributed by atoms with Crippen LogP contribution in [-0.2, 0) is 16.6 Å². The molecule has 0 atom stereocenters. The zero-order valence-electron chi connectivity index (χ0n) is 12.5. The van der Waals surface area contributed by atoms with Gasteiger partial charge < -0.3 is 5.73 Å². The fourth-order valence-corrected chi connectivity index (χ4v) is 6.24. The topological polar surface area (TPSA) is 63.4 Å². The van der Waals surface area contributed by atoms with Gasteiger partial charge in [0.15, 0.2) is 0 Å². The van der Waals surface area contributed by atoms with Gasteiger partial charge in [0.2, 0.25) is 10.0 Å². The van der Waals surface area contributed by atoms with Crippen molar-refractivity contribution in [3.8, 4) is 0 Å². The minimum atomic E-state index is -3.40. The number of hydrogen-bond donors (Lipinski definition) is 1. The number of hydrogen-bond acceptors (Lipinski definition) is 4. The maximum atomic E-state index is 12.9. The Balaban J connectivity index is 2.35. The van der Waals surface area contributed by atoms with Gasteiger partial charge >= 0.3 is 0 Å². The lowest BCUT2D eigenvalue weighted by Crippen LogP contribution is -2.32. The Morgan fingerprint density at radius 2 is 2.05 bits per heavy atom. The van der Waals surface area contributed by atoms with Crippen LogP contribution in [0.4, 0.5) is 0 Å². The molecule has 114 valence electrons. The summed E-state index contributed by atoms with van der Waals surface area (Å²) in [5.41, 5.74) is 6.67. The Hall–Kier alpha value is -0.430. The molecule has 2 rings (SSSR count). The highest BCUT2D eigenvalue weighted by Crippen LogP contribution is 2.40. The van der Waals surface area contributed by atoms with E-state index in [2.05, 4.69) is 13.8 Å². The van der Waals surface area contributed by atoms with Crippen molar-refractivity contribution in [2.24, 2.45) is 11.1 Å². The average Bonchev–Trinajstić information content (AvgIpc) is 3.03. The summed E-state index contributed by atoms with van der Waals surface area (Å²) in [5, 5.41) is 1.89. The number of nitrogens with two attached hydrogens (primary N) is 1. The van der Waals surface area contributed by atoms with E-state index in [1.807, 2.05) is 12.3 Å². The van der Waals surface area contributed by atoms with Crippen LogP contribution in [0.15, 0.2) is 10.3 Å². The van der Waals surface area contributed by atoms with Crippen molar-refractivity contribution in [3.63, 3.8) is 0 Å². The molecule has 0 aliphatic carbocycles. The molecule has 6 heteroatoms. The molecule has 1 aromatic rings. The van der Waals surface area contributed by atoms with Crippen LogP contribution < -0.4 is 5.73 Å². The van der Waals surface area contributed by atoms with E-state index in [-0.39, 0.29) is 12.0 Å². The van der Waals surface area contributed by atoms with Gasteiger partial charge in [-0.3, -0.25) is 0 Å². The lowest BCUT2D eigenvalue weighted by Gasteiger charge is -2.26. The lowest BCUT2D eigenvalue weighted by molar-refractivity contribution is 0.279. The first kappa shape index (κ1) is 15.9. The monoisotopic (exact) mass is 316 g/mol. The van der Waals surface area contributed by atoms with E-state index in [9.17, 15) is 8.42 Å². The highest BCUT2D eigenvalue weighted by atomic mass is 32.2. The maximum Gasteiger partial charge on any atom is 0.244 e. The molecule has 1 saturated heterocycles. The van der Waals surface area contributed by atoms with Crippen molar-refractivity contribution in [1.82, 2.24) is 4.31 Å². The molecule has 0 radical (unpaired) electrons. The van der Waals surface area contributed by atoms with Crippen LogP contribution in [0.1, 0.15) is 43.6 Å². The molecule has 0 unspecified atom stereocenters. The number of thiophene rings is 1. The second-order valence-corrected chi connectivity index (χ2v) is 8.51. The van der Waals surface area contributed by atoms with Gasteiger partial charge in [-0.1, -0.05) is 13.8 Å². The smallest absolute Gasteiger partial charge is 0.244 e. The summed E-state index contributed by atoms with van der Waals surface area (Å²) in [6.07, 6.45) is 3.02. The zero-order chi connectivity index (χ0) is 15.0. The fourth-order valence-electron chi connectivity index (χ4n) is 3.03. The van der Waals surface area contributed by atoms with Crippen molar-refractivity contribution >= 4 is 21.4 Å². The molecule has 0 amide bonds. The lowest BCUT2D eigenvalue weighted by atomic mass is 9.82. The molecular weight excluding hydrogens is 292 g/mol. The summed E-state index contributed by atoms with van der Waals surface area (Å²) in [6.45, 7) is 7.71. The van der Waals surface area contributed by atoms with Crippen molar-refractivity contribution < 1.29 is 8.42 Å². The first-order valence-electron chi connectivity index (χ1n) is 7.17. The van der Waals surface area contributed by atoms with Crippen molar-refractivity contribution in [2.45, 2.75) is 51.5 Å². The predicted octanol–water partition coefficient (Wildman–Crippen LogP) is 2.72. The molecule has 0 bridgehead atoms. The largest absolute Gasteiger partial charge is 0.326 e. The molecular formula is C14H24N2O2S2. The molecule has 2 heterocycles. The molecule has 2 N–H and O–H groups in total. The number of aryl methyl sites for hydroxylation is 1. The minimum absolute atomic E-state index is 0.153. The van der Waals surface area contributed by atoms with Gasteiger partial charge in [0.25, 0.3) is 0 Å². The Morgan fingerprint density at radius 3 is 2.55 bits per heavy atom. The standard InChI is InChI=1S/C14H24N2O2S2/c1-4-14(5-2)6-7-16(10-14)20(17,18)13-11(3)9-19-12(13)8-15/h9H,4-8,10,15H2,1-3H3. The van der Waals surface area contributed by atoms with Crippen LogP contribution in [0.25, 0.3) is 0 Å². The predicted molar refractivity (Wildman–Crippen MR) is 83.3 cm³/mol. The van der Waals surface area contributed by atoms with Gasteiger partial charge in [0.05, 0.1) is 0 Å². The van der Waals surface area contributed by atoms with E-state index in [0.717, 1.165) is 29.7 Å². The molecule has 4 nitrogen and oxygen atoms in total. The second kappa shape index (κ2) is 5.75. The van der Waals surface area contributed by atoms with Crippen molar-refractivity contribution in [2.75, 3.05) is 13.1 Å². The minimum Gasteiger partial charge on any atom is -0.326 e. The average molecular weight is 316 g/mol. The van der Waals surface area contributed by atoms with E-state index in [4.69, 9.17) is 5.73 Å². The summed E-state index contributed by atoms with van der Waals surface area (Å²) >= 11 is 1.44. The van der Waals surface area contributed by atoms with E-state index in [1.165, 1.54) is 11.3 Å². The summed E-state index contributed by atoms with van der Waals surface area (Å²) in [4.78, 5) is 1.22. The highest BCUT2D eigenvalue weighted by Gasteiger charge is 2.41. The molecule has 20 heavy (non-hydrogen) atoms. The third-order valence-corrected chi connectivity index (χ3v) is 8.01. The molecule has 0 spiro atoms. The van der Waals surface area contributed by atoms with Crippen LogP contribution in [0.5, 0.6) is 0 Å². The Morgan fingerprint density at radius 1 is 1.40 bits per heavy atom. The first-order chi connectivity index (χ1) is 9.40. The number of nitrogens with zero attached hydrogens (tertiary/aromatic N) is 1. The van der Waals surface area contributed by atoms with E-state index in [1.54, 1.807) is 4.31 Å². The van der Waals surface area contributed by atoms with Crippen LogP contribution in [0, 0.1) is 12.3 Å². The zero-order valence-corrected chi connectivity index (χ0v) is 14.1. The van der Waals surface area contributed by atoms with Crippen molar-refractivity contribution in [3.05, 3.63) is 15.8 Å². The van der Waals surface area contributed by atoms with Gasteiger partial charge in [-0.25, -0.2) is 8.42 Å². The van der Waals surface area contributed by atoms with Crippen LogP contribution in [-0.4, -0.2) is 25.8 Å². The van der Waals surface area contributed by atoms with Gasteiger partial charge in [-0.2, -0.15) is 4.31 Å². The third-order valence-electron chi connectivity index (χ3n) is 4.68. The molecule has 1 aromatic heterocycles.